The number of nitrogens with zero attached hydrogens (tertiary/aromatic N) is 1. The molecule has 1 N–H and O–H groups in total. The molecule has 3 rings (SSSR count). The van der Waals surface area contributed by atoms with Gasteiger partial charge in [-0.3, -0.25) is 0 Å². The maximum atomic E-state index is 12.3. The number of ether oxygens (including phenoxy) is 2. The van der Waals surface area contributed by atoms with E-state index in [9.17, 15) is 13.2 Å². The van der Waals surface area contributed by atoms with Crippen molar-refractivity contribution in [1.82, 2.24) is 9.88 Å². The van der Waals surface area contributed by atoms with Gasteiger partial charge in [0.1, 0.15) is 18.1 Å². The van der Waals surface area contributed by atoms with Gasteiger partial charge < -0.3 is 14.0 Å². The molecule has 26 heavy (non-hydrogen) atoms. The molecule has 1 atom stereocenters. The van der Waals surface area contributed by atoms with E-state index in [0.29, 0.717) is 18.1 Å². The van der Waals surface area contributed by atoms with Crippen molar-refractivity contribution in [3.05, 3.63) is 47.3 Å². The molecule has 0 spiro atoms. The van der Waals surface area contributed by atoms with Gasteiger partial charge in [-0.2, -0.15) is 0 Å². The number of carbonyl (C=O) groups excluding carboxylic acids is 1. The molecule has 140 valence electrons. The summed E-state index contributed by atoms with van der Waals surface area (Å²) in [4.78, 5) is 12.1. The quantitative estimate of drug-likeness (QED) is 0.730. The van der Waals surface area contributed by atoms with E-state index in [0.717, 1.165) is 12.8 Å². The number of rotatable bonds is 7. The molecular weight excluding hydrogens is 360 g/mol. The summed E-state index contributed by atoms with van der Waals surface area (Å²) in [6.07, 6.45) is 1.70. The monoisotopic (exact) mass is 380 g/mol. The van der Waals surface area contributed by atoms with E-state index in [4.69, 9.17) is 14.0 Å². The summed E-state index contributed by atoms with van der Waals surface area (Å²) in [6, 6.07) is 7.24. The molecule has 1 aromatic heterocycles. The van der Waals surface area contributed by atoms with E-state index >= 15 is 0 Å². The third kappa shape index (κ3) is 4.69. The molecule has 0 radical (unpaired) electrons. The first-order valence-electron chi connectivity index (χ1n) is 8.25. The number of aryl methyl sites for hydroxylation is 1. The average Bonchev–Trinajstić information content (AvgIpc) is 3.30. The molecular formula is C17H20N2O6S. The molecule has 0 bridgehead atoms. The van der Waals surface area contributed by atoms with E-state index in [-0.39, 0.29) is 29.7 Å². The van der Waals surface area contributed by atoms with E-state index in [1.54, 1.807) is 13.0 Å². The maximum Gasteiger partial charge on any atom is 0.338 e. The van der Waals surface area contributed by atoms with Gasteiger partial charge in [-0.25, -0.2) is 17.9 Å². The Hall–Kier alpha value is -2.23. The highest BCUT2D eigenvalue weighted by molar-refractivity contribution is 7.89. The van der Waals surface area contributed by atoms with Gasteiger partial charge in [0.25, 0.3) is 0 Å². The summed E-state index contributed by atoms with van der Waals surface area (Å²) in [5.41, 5.74) is 0.761. The van der Waals surface area contributed by atoms with Crippen LogP contribution in [0.15, 0.2) is 39.8 Å². The minimum atomic E-state index is -3.65. The van der Waals surface area contributed by atoms with Crippen LogP contribution in [0.2, 0.25) is 0 Å². The Balaban J connectivity index is 1.57. The summed E-state index contributed by atoms with van der Waals surface area (Å²) < 4.78 is 42.5. The van der Waals surface area contributed by atoms with Crippen molar-refractivity contribution in [3.63, 3.8) is 0 Å². The Bertz CT molecular complexity index is 854. The largest absolute Gasteiger partial charge is 0.455 e. The molecule has 1 fully saturated rings. The lowest BCUT2D eigenvalue weighted by Crippen LogP contribution is -2.31. The van der Waals surface area contributed by atoms with Gasteiger partial charge in [0.2, 0.25) is 10.0 Å². The van der Waals surface area contributed by atoms with Crippen molar-refractivity contribution >= 4 is 16.0 Å². The summed E-state index contributed by atoms with van der Waals surface area (Å²) in [5.74, 6) is 0.0584. The van der Waals surface area contributed by atoms with Gasteiger partial charge in [-0.05, 0) is 44.0 Å². The summed E-state index contributed by atoms with van der Waals surface area (Å²) in [5, 5.41) is 3.73. The Morgan fingerprint density at radius 2 is 2.12 bits per heavy atom. The van der Waals surface area contributed by atoms with E-state index in [1.165, 1.54) is 24.3 Å². The van der Waals surface area contributed by atoms with Crippen molar-refractivity contribution in [2.45, 2.75) is 37.4 Å². The SMILES string of the molecule is Cc1cc(COC(=O)c2ccc(S(=O)(=O)NCC3CCCO3)cc2)no1. The van der Waals surface area contributed by atoms with Crippen molar-refractivity contribution < 1.29 is 27.2 Å². The third-order valence-corrected chi connectivity index (χ3v) is 5.39. The van der Waals surface area contributed by atoms with E-state index in [1.807, 2.05) is 0 Å². The van der Waals surface area contributed by atoms with Crippen LogP contribution in [0, 0.1) is 6.92 Å². The van der Waals surface area contributed by atoms with Gasteiger partial charge in [0, 0.05) is 19.2 Å². The molecule has 2 aromatic rings. The van der Waals surface area contributed by atoms with Crippen LogP contribution in [-0.4, -0.2) is 38.8 Å². The van der Waals surface area contributed by atoms with Crippen LogP contribution < -0.4 is 4.72 Å². The van der Waals surface area contributed by atoms with Crippen molar-refractivity contribution in [2.75, 3.05) is 13.2 Å². The van der Waals surface area contributed by atoms with Crippen LogP contribution in [0.1, 0.15) is 34.7 Å². The molecule has 9 heteroatoms. The number of benzene rings is 1. The predicted octanol–water partition coefficient (Wildman–Crippen LogP) is 1.80. The fourth-order valence-corrected chi connectivity index (χ4v) is 3.64. The highest BCUT2D eigenvalue weighted by Gasteiger charge is 2.20. The number of sulfonamides is 1. The number of aromatic nitrogens is 1. The number of esters is 1. The Morgan fingerprint density at radius 1 is 1.35 bits per heavy atom. The predicted molar refractivity (Wildman–Crippen MR) is 91.0 cm³/mol. The summed E-state index contributed by atoms with van der Waals surface area (Å²) >= 11 is 0. The average molecular weight is 380 g/mol. The molecule has 0 aliphatic carbocycles. The zero-order chi connectivity index (χ0) is 18.6. The zero-order valence-electron chi connectivity index (χ0n) is 14.3. The number of hydrogen-bond acceptors (Lipinski definition) is 7. The third-order valence-electron chi connectivity index (χ3n) is 3.95. The summed E-state index contributed by atoms with van der Waals surface area (Å²) in [7, 11) is -3.65. The molecule has 0 amide bonds. The molecule has 1 saturated heterocycles. The number of nitrogens with one attached hydrogen (secondary N) is 1. The Kier molecular flexibility index (Phi) is 5.70. The lowest BCUT2D eigenvalue weighted by Gasteiger charge is -2.11. The second-order valence-electron chi connectivity index (χ2n) is 6.02. The lowest BCUT2D eigenvalue weighted by atomic mass is 10.2. The topological polar surface area (TPSA) is 108 Å². The molecule has 1 unspecified atom stereocenters. The van der Waals surface area contributed by atoms with Crippen LogP contribution in [0.4, 0.5) is 0 Å². The minimum Gasteiger partial charge on any atom is -0.455 e. The van der Waals surface area contributed by atoms with Gasteiger partial charge in [0.05, 0.1) is 16.6 Å². The minimum absolute atomic E-state index is 0.0147. The second kappa shape index (κ2) is 7.98. The van der Waals surface area contributed by atoms with Gasteiger partial charge >= 0.3 is 5.97 Å². The molecule has 8 nitrogen and oxygen atoms in total. The van der Waals surface area contributed by atoms with Crippen LogP contribution in [0.5, 0.6) is 0 Å². The second-order valence-corrected chi connectivity index (χ2v) is 7.78. The Morgan fingerprint density at radius 3 is 2.73 bits per heavy atom. The highest BCUT2D eigenvalue weighted by atomic mass is 32.2. The van der Waals surface area contributed by atoms with Crippen molar-refractivity contribution in [2.24, 2.45) is 0 Å². The van der Waals surface area contributed by atoms with Crippen LogP contribution in [0.25, 0.3) is 0 Å². The van der Waals surface area contributed by atoms with E-state index in [2.05, 4.69) is 9.88 Å². The Labute approximate surface area is 151 Å². The van der Waals surface area contributed by atoms with E-state index < -0.39 is 16.0 Å². The zero-order valence-corrected chi connectivity index (χ0v) is 15.1. The molecule has 1 aliphatic heterocycles. The maximum absolute atomic E-state index is 12.3. The van der Waals surface area contributed by atoms with Gasteiger partial charge in [0.15, 0.2) is 0 Å². The lowest BCUT2D eigenvalue weighted by molar-refractivity contribution is 0.0464. The molecule has 2 heterocycles. The van der Waals surface area contributed by atoms with Crippen molar-refractivity contribution in [3.8, 4) is 0 Å². The first-order valence-corrected chi connectivity index (χ1v) is 9.73. The van der Waals surface area contributed by atoms with Crippen molar-refractivity contribution in [1.29, 1.82) is 0 Å². The molecule has 0 saturated carbocycles. The molecule has 1 aliphatic rings. The smallest absolute Gasteiger partial charge is 0.338 e. The number of hydrogen-bond donors (Lipinski definition) is 1. The first kappa shape index (κ1) is 18.6. The standard InChI is InChI=1S/C17H20N2O6S/c1-12-9-14(19-25-12)11-24-17(20)13-4-6-16(7-5-13)26(21,22)18-10-15-3-2-8-23-15/h4-7,9,15,18H,2-3,8,10-11H2,1H3. The van der Waals surface area contributed by atoms with Gasteiger partial charge in [-0.1, -0.05) is 5.16 Å². The van der Waals surface area contributed by atoms with Crippen LogP contribution >= 0.6 is 0 Å². The summed E-state index contributed by atoms with van der Waals surface area (Å²) in [6.45, 7) is 2.63. The van der Waals surface area contributed by atoms with Crippen LogP contribution in [-0.2, 0) is 26.1 Å². The highest BCUT2D eigenvalue weighted by Crippen LogP contribution is 2.15. The molecule has 1 aromatic carbocycles. The first-order chi connectivity index (χ1) is 12.4. The van der Waals surface area contributed by atoms with Gasteiger partial charge in [-0.15, -0.1) is 0 Å². The normalized spacial score (nSPS) is 17.3. The number of carbonyl (C=O) groups is 1. The fraction of sp³-hybridized carbons (Fsp3) is 0.412. The fourth-order valence-electron chi connectivity index (χ4n) is 2.57. The van der Waals surface area contributed by atoms with Crippen LogP contribution in [0.3, 0.4) is 0 Å².